The van der Waals surface area contributed by atoms with Gasteiger partial charge in [-0.1, -0.05) is 12.1 Å². The number of hydrogen-bond acceptors (Lipinski definition) is 4. The molecule has 20 heavy (non-hydrogen) atoms. The lowest BCUT2D eigenvalue weighted by atomic mass is 10.3. The average molecular weight is 300 g/mol. The predicted molar refractivity (Wildman–Crippen MR) is 82.1 cm³/mol. The normalized spacial score (nSPS) is 12.9. The van der Waals surface area contributed by atoms with Crippen LogP contribution in [0.5, 0.6) is 11.5 Å². The number of oxime groups is 1. The lowest BCUT2D eigenvalue weighted by Gasteiger charge is -2.13. The minimum atomic E-state index is 0.211. The summed E-state index contributed by atoms with van der Waals surface area (Å²) in [7, 11) is 0. The van der Waals surface area contributed by atoms with Gasteiger partial charge in [-0.2, -0.15) is 0 Å². The molecule has 0 heterocycles. The second-order valence-electron chi connectivity index (χ2n) is 4.31. The molecule has 1 rings (SSSR count). The average Bonchev–Trinajstić information content (AvgIpc) is 2.49. The van der Waals surface area contributed by atoms with E-state index in [-0.39, 0.29) is 12.0 Å². The van der Waals surface area contributed by atoms with Gasteiger partial charge in [0.1, 0.15) is 30.4 Å². The van der Waals surface area contributed by atoms with Crippen molar-refractivity contribution in [2.45, 2.75) is 33.3 Å². The number of rotatable bonds is 9. The molecule has 0 radical (unpaired) electrons. The molecule has 0 aliphatic heterocycles. The third kappa shape index (κ3) is 6.15. The molecule has 1 unspecified atom stereocenters. The van der Waals surface area contributed by atoms with Crippen LogP contribution in [0.2, 0.25) is 0 Å². The number of alkyl halides is 1. The van der Waals surface area contributed by atoms with Crippen LogP contribution in [0.4, 0.5) is 0 Å². The Bertz CT molecular complexity index is 406. The van der Waals surface area contributed by atoms with Gasteiger partial charge in [-0.25, -0.2) is 0 Å². The highest BCUT2D eigenvalue weighted by molar-refractivity contribution is 6.28. The monoisotopic (exact) mass is 299 g/mol. The van der Waals surface area contributed by atoms with Crippen molar-refractivity contribution in [3.8, 4) is 11.5 Å². The number of ether oxygens (including phenoxy) is 2. The van der Waals surface area contributed by atoms with E-state index in [1.165, 1.54) is 0 Å². The topological polar surface area (TPSA) is 40.0 Å². The van der Waals surface area contributed by atoms with Crippen molar-refractivity contribution in [2.75, 3.05) is 19.1 Å². The predicted octanol–water partition coefficient (Wildman–Crippen LogP) is 3.87. The molecule has 0 bridgehead atoms. The molecule has 0 aliphatic carbocycles. The second kappa shape index (κ2) is 9.48. The van der Waals surface area contributed by atoms with E-state index < -0.39 is 0 Å². The Kier molecular flexibility index (Phi) is 7.88. The first kappa shape index (κ1) is 16.6. The Hall–Kier alpha value is -1.42. The number of halogens is 1. The van der Waals surface area contributed by atoms with E-state index in [9.17, 15) is 0 Å². The van der Waals surface area contributed by atoms with Crippen molar-refractivity contribution in [3.63, 3.8) is 0 Å². The van der Waals surface area contributed by atoms with Crippen molar-refractivity contribution < 1.29 is 14.3 Å². The van der Waals surface area contributed by atoms with Gasteiger partial charge in [0.05, 0.1) is 12.0 Å². The lowest BCUT2D eigenvalue weighted by molar-refractivity contribution is 0.156. The summed E-state index contributed by atoms with van der Waals surface area (Å²) in [5.74, 6) is 1.87. The maximum Gasteiger partial charge on any atom is 0.131 e. The van der Waals surface area contributed by atoms with E-state index >= 15 is 0 Å². The molecule has 0 saturated carbocycles. The second-order valence-corrected chi connectivity index (χ2v) is 4.57. The molecule has 0 spiro atoms. The molecule has 4 nitrogen and oxygen atoms in total. The molecule has 1 atom stereocenters. The summed E-state index contributed by atoms with van der Waals surface area (Å²) >= 11 is 5.76. The molecule has 5 heteroatoms. The van der Waals surface area contributed by atoms with Crippen molar-refractivity contribution >= 4 is 17.3 Å². The summed E-state index contributed by atoms with van der Waals surface area (Å²) in [6.07, 6.45) is 1.19. The summed E-state index contributed by atoms with van der Waals surface area (Å²) in [4.78, 5) is 4.95. The van der Waals surface area contributed by atoms with E-state index in [4.69, 9.17) is 25.9 Å². The third-order valence-corrected chi connectivity index (χ3v) is 2.93. The van der Waals surface area contributed by atoms with Crippen LogP contribution in [0.3, 0.4) is 0 Å². The zero-order valence-corrected chi connectivity index (χ0v) is 13.0. The molecule has 1 aromatic carbocycles. The standard InChI is InChI=1S/C15H22ClNO3/c1-4-12(3)20-15-8-6-14(7-9-15)18-11-13(10-16)17-19-5-2/h6-9,12H,4-5,10-11H2,1-3H3. The maximum atomic E-state index is 5.76. The first-order chi connectivity index (χ1) is 9.69. The van der Waals surface area contributed by atoms with Gasteiger partial charge in [0.2, 0.25) is 0 Å². The van der Waals surface area contributed by atoms with Gasteiger partial charge in [0, 0.05) is 0 Å². The highest BCUT2D eigenvalue weighted by atomic mass is 35.5. The van der Waals surface area contributed by atoms with Crippen LogP contribution in [-0.4, -0.2) is 30.9 Å². The summed E-state index contributed by atoms with van der Waals surface area (Å²) in [6, 6.07) is 7.51. The van der Waals surface area contributed by atoms with Gasteiger partial charge in [-0.05, 0) is 44.5 Å². The zero-order valence-electron chi connectivity index (χ0n) is 12.3. The van der Waals surface area contributed by atoms with Crippen LogP contribution in [0.1, 0.15) is 27.2 Å². The first-order valence-electron chi connectivity index (χ1n) is 6.82. The fraction of sp³-hybridized carbons (Fsp3) is 0.533. The molecule has 0 fully saturated rings. The van der Waals surface area contributed by atoms with Gasteiger partial charge >= 0.3 is 0 Å². The molecule has 0 saturated heterocycles. The van der Waals surface area contributed by atoms with E-state index in [2.05, 4.69) is 12.1 Å². The van der Waals surface area contributed by atoms with E-state index in [0.717, 1.165) is 17.9 Å². The highest BCUT2D eigenvalue weighted by Crippen LogP contribution is 2.19. The highest BCUT2D eigenvalue weighted by Gasteiger charge is 2.03. The molecular weight excluding hydrogens is 278 g/mol. The first-order valence-corrected chi connectivity index (χ1v) is 7.36. The summed E-state index contributed by atoms with van der Waals surface area (Å²) in [5.41, 5.74) is 0.661. The van der Waals surface area contributed by atoms with Crippen LogP contribution in [0.15, 0.2) is 29.4 Å². The van der Waals surface area contributed by atoms with Gasteiger partial charge < -0.3 is 14.3 Å². The van der Waals surface area contributed by atoms with Crippen LogP contribution >= 0.6 is 11.6 Å². The Morgan fingerprint density at radius 2 is 1.85 bits per heavy atom. The summed E-state index contributed by atoms with van der Waals surface area (Å²) in [5, 5.41) is 3.88. The molecule has 0 amide bonds. The number of hydrogen-bond donors (Lipinski definition) is 0. The lowest BCUT2D eigenvalue weighted by Crippen LogP contribution is -2.14. The summed E-state index contributed by atoms with van der Waals surface area (Å²) < 4.78 is 11.3. The fourth-order valence-electron chi connectivity index (χ4n) is 1.34. The molecular formula is C15H22ClNO3. The van der Waals surface area contributed by atoms with Crippen molar-refractivity contribution in [1.29, 1.82) is 0 Å². The smallest absolute Gasteiger partial charge is 0.131 e. The van der Waals surface area contributed by atoms with Crippen LogP contribution < -0.4 is 9.47 Å². The Morgan fingerprint density at radius 1 is 1.20 bits per heavy atom. The van der Waals surface area contributed by atoms with Gasteiger partial charge in [0.15, 0.2) is 0 Å². The fourth-order valence-corrected chi connectivity index (χ4v) is 1.47. The molecule has 0 N–H and O–H groups in total. The van der Waals surface area contributed by atoms with Gasteiger partial charge in [0.25, 0.3) is 0 Å². The quantitative estimate of drug-likeness (QED) is 0.395. The van der Waals surface area contributed by atoms with Gasteiger partial charge in [-0.15, -0.1) is 11.6 Å². The number of nitrogens with zero attached hydrogens (tertiary/aromatic N) is 1. The summed E-state index contributed by atoms with van der Waals surface area (Å²) in [6.45, 7) is 6.83. The third-order valence-electron chi connectivity index (χ3n) is 2.62. The Morgan fingerprint density at radius 3 is 2.40 bits per heavy atom. The molecule has 0 aromatic heterocycles. The van der Waals surface area contributed by atoms with Crippen LogP contribution in [-0.2, 0) is 4.84 Å². The zero-order chi connectivity index (χ0) is 14.8. The van der Waals surface area contributed by atoms with Crippen molar-refractivity contribution in [2.24, 2.45) is 5.16 Å². The Balaban J connectivity index is 2.48. The molecule has 112 valence electrons. The minimum Gasteiger partial charge on any atom is -0.491 e. The molecule has 0 aliphatic rings. The van der Waals surface area contributed by atoms with Crippen molar-refractivity contribution in [3.05, 3.63) is 24.3 Å². The minimum absolute atomic E-state index is 0.211. The largest absolute Gasteiger partial charge is 0.491 e. The van der Waals surface area contributed by atoms with Crippen LogP contribution in [0.25, 0.3) is 0 Å². The maximum absolute atomic E-state index is 5.76. The van der Waals surface area contributed by atoms with E-state index in [1.807, 2.05) is 38.1 Å². The number of benzene rings is 1. The van der Waals surface area contributed by atoms with Crippen molar-refractivity contribution in [1.82, 2.24) is 0 Å². The SMILES string of the molecule is CCON=C(CCl)COc1ccc(OC(C)CC)cc1. The van der Waals surface area contributed by atoms with E-state index in [1.54, 1.807) is 0 Å². The van der Waals surface area contributed by atoms with Crippen LogP contribution in [0, 0.1) is 0 Å². The van der Waals surface area contributed by atoms with E-state index in [0.29, 0.717) is 18.9 Å². The Labute approximate surface area is 125 Å². The van der Waals surface area contributed by atoms with Gasteiger partial charge in [-0.3, -0.25) is 0 Å². The molecule has 1 aromatic rings.